The first kappa shape index (κ1) is 15.1. The molecule has 6 heteroatoms. The van der Waals surface area contributed by atoms with Crippen molar-refractivity contribution in [3.8, 4) is 22.6 Å². The number of fused-ring (bicyclic) bond motifs is 3. The first-order valence-electron chi connectivity index (χ1n) is 7.92. The van der Waals surface area contributed by atoms with E-state index in [1.165, 1.54) is 0 Å². The minimum absolute atomic E-state index is 0.174. The van der Waals surface area contributed by atoms with E-state index in [0.29, 0.717) is 34.7 Å². The predicted molar refractivity (Wildman–Crippen MR) is 95.8 cm³/mol. The Hall–Kier alpha value is -3.41. The lowest BCUT2D eigenvalue weighted by Crippen LogP contribution is -2.07. The number of hydrogen-bond donors (Lipinski definition) is 2. The fraction of sp³-hybridized carbons (Fsp3) is 0.105. The van der Waals surface area contributed by atoms with Gasteiger partial charge in [-0.05, 0) is 18.1 Å². The van der Waals surface area contributed by atoms with Gasteiger partial charge < -0.3 is 15.5 Å². The molecule has 0 fully saturated rings. The van der Waals surface area contributed by atoms with E-state index in [2.05, 4.69) is 21.5 Å². The number of aromatic amines is 1. The van der Waals surface area contributed by atoms with Crippen molar-refractivity contribution in [1.29, 1.82) is 0 Å². The van der Waals surface area contributed by atoms with E-state index in [4.69, 9.17) is 10.5 Å². The molecule has 124 valence electrons. The summed E-state index contributed by atoms with van der Waals surface area (Å²) < 4.78 is 5.28. The Morgan fingerprint density at radius 2 is 2.04 bits per heavy atom. The number of ether oxygens (including phenoxy) is 1. The standard InChI is InChI=1S/C19H16N4O2/c1-3-25-18(24)14-13-10(2)12-9-21-19(20)23-16(12)17(13)22-15(14)11-7-5-4-6-8-11/h4-9,22H,2-3H2,1H3,(H2,20,21,23). The Morgan fingerprint density at radius 1 is 1.28 bits per heavy atom. The van der Waals surface area contributed by atoms with Crippen LogP contribution in [0.3, 0.4) is 0 Å². The van der Waals surface area contributed by atoms with Gasteiger partial charge in [-0.2, -0.15) is 0 Å². The summed E-state index contributed by atoms with van der Waals surface area (Å²) in [5.41, 5.74) is 11.3. The van der Waals surface area contributed by atoms with Crippen LogP contribution in [0.2, 0.25) is 0 Å². The molecular formula is C19H16N4O2. The summed E-state index contributed by atoms with van der Waals surface area (Å²) in [7, 11) is 0. The highest BCUT2D eigenvalue weighted by Crippen LogP contribution is 2.46. The Morgan fingerprint density at radius 3 is 2.76 bits per heavy atom. The van der Waals surface area contributed by atoms with Crippen LogP contribution in [0.25, 0.3) is 28.2 Å². The van der Waals surface area contributed by atoms with Crippen LogP contribution in [0.15, 0.2) is 43.1 Å². The quantitative estimate of drug-likeness (QED) is 0.562. The Labute approximate surface area is 144 Å². The van der Waals surface area contributed by atoms with Crippen molar-refractivity contribution in [2.45, 2.75) is 6.92 Å². The van der Waals surface area contributed by atoms with Gasteiger partial charge in [0, 0.05) is 17.3 Å². The maximum atomic E-state index is 12.7. The number of carbonyl (C=O) groups is 1. The van der Waals surface area contributed by atoms with Gasteiger partial charge >= 0.3 is 5.97 Å². The molecule has 0 unspecified atom stereocenters. The van der Waals surface area contributed by atoms with Gasteiger partial charge in [-0.25, -0.2) is 14.8 Å². The maximum Gasteiger partial charge on any atom is 0.340 e. The van der Waals surface area contributed by atoms with Crippen LogP contribution >= 0.6 is 0 Å². The third-order valence-electron chi connectivity index (χ3n) is 4.21. The van der Waals surface area contributed by atoms with Gasteiger partial charge in [0.05, 0.1) is 23.6 Å². The third-order valence-corrected chi connectivity index (χ3v) is 4.21. The molecule has 0 radical (unpaired) electrons. The number of nitrogens with two attached hydrogens (primary N) is 1. The number of benzene rings is 1. The van der Waals surface area contributed by atoms with Crippen LogP contribution in [-0.4, -0.2) is 27.5 Å². The molecule has 4 rings (SSSR count). The molecule has 3 aromatic rings. The smallest absolute Gasteiger partial charge is 0.340 e. The molecule has 6 nitrogen and oxygen atoms in total. The van der Waals surface area contributed by atoms with Crippen molar-refractivity contribution in [2.24, 2.45) is 0 Å². The van der Waals surface area contributed by atoms with E-state index in [9.17, 15) is 4.79 Å². The summed E-state index contributed by atoms with van der Waals surface area (Å²) in [6, 6.07) is 9.62. The lowest BCUT2D eigenvalue weighted by Gasteiger charge is -2.08. The van der Waals surface area contributed by atoms with Gasteiger partial charge in [0.1, 0.15) is 5.69 Å². The highest BCUT2D eigenvalue weighted by molar-refractivity contribution is 6.11. The van der Waals surface area contributed by atoms with Crippen molar-refractivity contribution >= 4 is 17.5 Å². The van der Waals surface area contributed by atoms with E-state index < -0.39 is 5.97 Å². The summed E-state index contributed by atoms with van der Waals surface area (Å²) in [5.74, 6) is -0.221. The third kappa shape index (κ3) is 2.22. The number of rotatable bonds is 3. The Kier molecular flexibility index (Phi) is 3.39. The Bertz CT molecular complexity index is 1010. The van der Waals surface area contributed by atoms with Gasteiger partial charge in [0.2, 0.25) is 5.95 Å². The molecule has 0 spiro atoms. The zero-order valence-electron chi connectivity index (χ0n) is 13.7. The number of aromatic nitrogens is 3. The summed E-state index contributed by atoms with van der Waals surface area (Å²) >= 11 is 0. The number of nitrogen functional groups attached to an aromatic ring is 1. The molecule has 2 aromatic heterocycles. The molecule has 0 bridgehead atoms. The van der Waals surface area contributed by atoms with Crippen LogP contribution in [0.1, 0.15) is 28.4 Å². The minimum Gasteiger partial charge on any atom is -0.462 e. The second-order valence-electron chi connectivity index (χ2n) is 5.68. The molecule has 2 heterocycles. The molecule has 0 aliphatic heterocycles. The first-order chi connectivity index (χ1) is 12.1. The SMILES string of the molecule is C=C1c2cnc(N)nc2-c2[nH]c(-c3ccccc3)c(C(=O)OCC)c21. The lowest BCUT2D eigenvalue weighted by molar-refractivity contribution is 0.0527. The van der Waals surface area contributed by atoms with Crippen molar-refractivity contribution < 1.29 is 9.53 Å². The van der Waals surface area contributed by atoms with Crippen molar-refractivity contribution in [1.82, 2.24) is 15.0 Å². The summed E-state index contributed by atoms with van der Waals surface area (Å²) in [6.45, 7) is 6.20. The van der Waals surface area contributed by atoms with Crippen LogP contribution in [0.4, 0.5) is 5.95 Å². The topological polar surface area (TPSA) is 93.9 Å². The average Bonchev–Trinajstić information content (AvgIpc) is 3.13. The van der Waals surface area contributed by atoms with E-state index in [-0.39, 0.29) is 5.95 Å². The number of nitrogens with zero attached hydrogens (tertiary/aromatic N) is 2. The number of nitrogens with one attached hydrogen (secondary N) is 1. The van der Waals surface area contributed by atoms with Gasteiger partial charge in [-0.3, -0.25) is 0 Å². The maximum absolute atomic E-state index is 12.7. The monoisotopic (exact) mass is 332 g/mol. The fourth-order valence-corrected chi connectivity index (χ4v) is 3.15. The molecule has 0 atom stereocenters. The largest absolute Gasteiger partial charge is 0.462 e. The molecular weight excluding hydrogens is 316 g/mol. The summed E-state index contributed by atoms with van der Waals surface area (Å²) in [5, 5.41) is 0. The molecule has 25 heavy (non-hydrogen) atoms. The number of H-pyrrole nitrogens is 1. The number of carbonyl (C=O) groups excluding carboxylic acids is 1. The molecule has 0 saturated heterocycles. The van der Waals surface area contributed by atoms with Crippen LogP contribution in [-0.2, 0) is 4.74 Å². The van der Waals surface area contributed by atoms with Crippen LogP contribution in [0, 0.1) is 0 Å². The average molecular weight is 332 g/mol. The summed E-state index contributed by atoms with van der Waals surface area (Å²) in [6.07, 6.45) is 1.63. The van der Waals surface area contributed by atoms with Crippen molar-refractivity contribution in [3.05, 3.63) is 59.8 Å². The van der Waals surface area contributed by atoms with E-state index in [0.717, 1.165) is 16.8 Å². The van der Waals surface area contributed by atoms with Crippen LogP contribution < -0.4 is 5.73 Å². The highest BCUT2D eigenvalue weighted by Gasteiger charge is 2.34. The highest BCUT2D eigenvalue weighted by atomic mass is 16.5. The molecule has 1 aliphatic rings. The molecule has 0 amide bonds. The molecule has 0 saturated carbocycles. The predicted octanol–water partition coefficient (Wildman–Crippen LogP) is 3.27. The van der Waals surface area contributed by atoms with Gasteiger partial charge in [0.15, 0.2) is 0 Å². The van der Waals surface area contributed by atoms with Gasteiger partial charge in [-0.15, -0.1) is 0 Å². The minimum atomic E-state index is -0.395. The van der Waals surface area contributed by atoms with Gasteiger partial charge in [0.25, 0.3) is 0 Å². The van der Waals surface area contributed by atoms with Gasteiger partial charge in [-0.1, -0.05) is 36.9 Å². The van der Waals surface area contributed by atoms with E-state index in [1.54, 1.807) is 13.1 Å². The molecule has 1 aliphatic carbocycles. The van der Waals surface area contributed by atoms with E-state index in [1.807, 2.05) is 30.3 Å². The van der Waals surface area contributed by atoms with E-state index >= 15 is 0 Å². The van der Waals surface area contributed by atoms with Crippen LogP contribution in [0.5, 0.6) is 0 Å². The normalized spacial score (nSPS) is 12.0. The van der Waals surface area contributed by atoms with Crippen molar-refractivity contribution in [2.75, 3.05) is 12.3 Å². The first-order valence-corrected chi connectivity index (χ1v) is 7.92. The summed E-state index contributed by atoms with van der Waals surface area (Å²) in [4.78, 5) is 24.4. The molecule has 3 N–H and O–H groups in total. The second kappa shape index (κ2) is 5.59. The van der Waals surface area contributed by atoms with Crippen molar-refractivity contribution in [3.63, 3.8) is 0 Å². The second-order valence-corrected chi connectivity index (χ2v) is 5.68. The Balaban J connectivity index is 2.00. The molecule has 1 aromatic carbocycles. The number of esters is 1. The lowest BCUT2D eigenvalue weighted by atomic mass is 10.0. The zero-order chi connectivity index (χ0) is 17.6. The zero-order valence-corrected chi connectivity index (χ0v) is 13.7. The fourth-order valence-electron chi connectivity index (χ4n) is 3.15. The number of anilines is 1. The number of hydrogen-bond acceptors (Lipinski definition) is 5.